The molecular formula is C23H23Cl2N3O3. The van der Waals surface area contributed by atoms with Gasteiger partial charge in [-0.05, 0) is 29.7 Å². The molecule has 6 nitrogen and oxygen atoms in total. The van der Waals surface area contributed by atoms with Gasteiger partial charge < -0.3 is 19.9 Å². The maximum atomic E-state index is 12.9. The van der Waals surface area contributed by atoms with Crippen LogP contribution in [-0.4, -0.2) is 66.7 Å². The van der Waals surface area contributed by atoms with Gasteiger partial charge in [0.25, 0.3) is 0 Å². The summed E-state index contributed by atoms with van der Waals surface area (Å²) in [6.07, 6.45) is 0.765. The van der Waals surface area contributed by atoms with Gasteiger partial charge in [0, 0.05) is 47.7 Å². The van der Waals surface area contributed by atoms with Crippen molar-refractivity contribution in [3.05, 3.63) is 58.1 Å². The number of benzene rings is 2. The average Bonchev–Trinajstić information content (AvgIpc) is 2.73. The van der Waals surface area contributed by atoms with E-state index in [1.54, 1.807) is 6.07 Å². The number of nitrogens with one attached hydrogen (secondary N) is 1. The Hall–Kier alpha value is -2.28. The molecule has 0 saturated carbocycles. The van der Waals surface area contributed by atoms with E-state index in [-0.39, 0.29) is 30.7 Å². The van der Waals surface area contributed by atoms with Crippen LogP contribution in [0.4, 0.5) is 4.79 Å². The Balaban J connectivity index is 1.18. The maximum Gasteiger partial charge on any atom is 0.320 e. The zero-order valence-electron chi connectivity index (χ0n) is 16.9. The smallest absolute Gasteiger partial charge is 0.320 e. The molecule has 2 aromatic carbocycles. The SMILES string of the molecule is O=C1COC2CCN(C(=O)N3CC(c4ccc(-c5ccc(Cl)cc5Cl)cc4)C3)CC2N1. The lowest BCUT2D eigenvalue weighted by Gasteiger charge is -2.46. The van der Waals surface area contributed by atoms with Gasteiger partial charge in [0.15, 0.2) is 0 Å². The van der Waals surface area contributed by atoms with E-state index in [2.05, 4.69) is 29.6 Å². The fourth-order valence-corrected chi connectivity index (χ4v) is 5.10. The summed E-state index contributed by atoms with van der Waals surface area (Å²) in [5.74, 6) is 0.219. The molecule has 0 aromatic heterocycles. The highest BCUT2D eigenvalue weighted by Crippen LogP contribution is 2.33. The summed E-state index contributed by atoms with van der Waals surface area (Å²) in [5.41, 5.74) is 3.20. The van der Waals surface area contributed by atoms with Crippen molar-refractivity contribution >= 4 is 35.1 Å². The molecule has 2 aromatic rings. The Morgan fingerprint density at radius 1 is 1.03 bits per heavy atom. The monoisotopic (exact) mass is 459 g/mol. The molecule has 3 saturated heterocycles. The Morgan fingerprint density at radius 3 is 2.55 bits per heavy atom. The lowest BCUT2D eigenvalue weighted by molar-refractivity contribution is -0.139. The quantitative estimate of drug-likeness (QED) is 0.743. The summed E-state index contributed by atoms with van der Waals surface area (Å²) in [5, 5.41) is 4.19. The van der Waals surface area contributed by atoms with Gasteiger partial charge in [0.1, 0.15) is 6.61 Å². The number of amides is 3. The van der Waals surface area contributed by atoms with Crippen LogP contribution in [0.15, 0.2) is 42.5 Å². The van der Waals surface area contributed by atoms with Crippen LogP contribution in [0.1, 0.15) is 17.9 Å². The van der Waals surface area contributed by atoms with E-state index in [1.807, 2.05) is 21.9 Å². The number of hydrogen-bond acceptors (Lipinski definition) is 3. The summed E-state index contributed by atoms with van der Waals surface area (Å²) in [6, 6.07) is 13.8. The maximum absolute atomic E-state index is 12.9. The predicted octanol–water partition coefficient (Wildman–Crippen LogP) is 3.77. The number of hydrogen-bond donors (Lipinski definition) is 1. The first-order valence-corrected chi connectivity index (χ1v) is 11.2. The molecule has 162 valence electrons. The molecule has 31 heavy (non-hydrogen) atoms. The largest absolute Gasteiger partial charge is 0.366 e. The minimum Gasteiger partial charge on any atom is -0.366 e. The molecule has 3 fully saturated rings. The summed E-state index contributed by atoms with van der Waals surface area (Å²) in [4.78, 5) is 28.2. The number of urea groups is 1. The number of morpholine rings is 1. The van der Waals surface area contributed by atoms with Crippen molar-refractivity contribution in [1.82, 2.24) is 15.1 Å². The molecule has 2 atom stereocenters. The van der Waals surface area contributed by atoms with E-state index in [0.29, 0.717) is 42.1 Å². The number of fused-ring (bicyclic) bond motifs is 1. The van der Waals surface area contributed by atoms with E-state index in [0.717, 1.165) is 17.5 Å². The van der Waals surface area contributed by atoms with Gasteiger partial charge in [0.2, 0.25) is 5.91 Å². The second-order valence-electron chi connectivity index (χ2n) is 8.39. The third kappa shape index (κ3) is 4.12. The molecule has 2 unspecified atom stereocenters. The normalized spacial score (nSPS) is 23.7. The lowest BCUT2D eigenvalue weighted by Crippen LogP contribution is -2.63. The molecule has 5 rings (SSSR count). The third-order valence-corrected chi connectivity index (χ3v) is 6.92. The van der Waals surface area contributed by atoms with Crippen LogP contribution in [0.2, 0.25) is 10.0 Å². The fourth-order valence-electron chi connectivity index (χ4n) is 4.58. The van der Waals surface area contributed by atoms with E-state index < -0.39 is 0 Å². The summed E-state index contributed by atoms with van der Waals surface area (Å²) in [6.45, 7) is 2.69. The van der Waals surface area contributed by atoms with E-state index >= 15 is 0 Å². The van der Waals surface area contributed by atoms with Crippen LogP contribution in [0, 0.1) is 0 Å². The Morgan fingerprint density at radius 2 is 1.81 bits per heavy atom. The molecule has 3 heterocycles. The van der Waals surface area contributed by atoms with E-state index in [4.69, 9.17) is 27.9 Å². The van der Waals surface area contributed by atoms with Gasteiger partial charge >= 0.3 is 6.03 Å². The van der Waals surface area contributed by atoms with E-state index in [9.17, 15) is 9.59 Å². The zero-order valence-corrected chi connectivity index (χ0v) is 18.4. The van der Waals surface area contributed by atoms with Crippen molar-refractivity contribution < 1.29 is 14.3 Å². The van der Waals surface area contributed by atoms with Crippen LogP contribution in [0.5, 0.6) is 0 Å². The van der Waals surface area contributed by atoms with Crippen molar-refractivity contribution in [3.63, 3.8) is 0 Å². The van der Waals surface area contributed by atoms with Gasteiger partial charge in [-0.25, -0.2) is 4.79 Å². The number of piperidine rings is 1. The average molecular weight is 460 g/mol. The first kappa shape index (κ1) is 20.6. The molecule has 3 aliphatic rings. The number of nitrogens with zero attached hydrogens (tertiary/aromatic N) is 2. The number of likely N-dealkylation sites (tertiary alicyclic amines) is 2. The van der Waals surface area contributed by atoms with Crippen molar-refractivity contribution in [2.45, 2.75) is 24.5 Å². The second-order valence-corrected chi connectivity index (χ2v) is 9.23. The number of rotatable bonds is 2. The molecule has 3 amide bonds. The van der Waals surface area contributed by atoms with Crippen molar-refractivity contribution in [1.29, 1.82) is 0 Å². The highest BCUT2D eigenvalue weighted by molar-refractivity contribution is 6.36. The Kier molecular flexibility index (Phi) is 5.54. The summed E-state index contributed by atoms with van der Waals surface area (Å²) < 4.78 is 5.57. The first-order valence-electron chi connectivity index (χ1n) is 10.5. The lowest BCUT2D eigenvalue weighted by atomic mass is 9.90. The van der Waals surface area contributed by atoms with Gasteiger partial charge in [-0.2, -0.15) is 0 Å². The second kappa shape index (κ2) is 8.34. The van der Waals surface area contributed by atoms with Crippen molar-refractivity contribution in [2.75, 3.05) is 32.8 Å². The number of carbonyl (C=O) groups is 2. The fraction of sp³-hybridized carbons (Fsp3) is 0.391. The molecule has 3 aliphatic heterocycles. The molecule has 0 spiro atoms. The number of carbonyl (C=O) groups excluding carboxylic acids is 2. The summed E-state index contributed by atoms with van der Waals surface area (Å²) in [7, 11) is 0. The topological polar surface area (TPSA) is 61.9 Å². The predicted molar refractivity (Wildman–Crippen MR) is 119 cm³/mol. The van der Waals surface area contributed by atoms with Crippen LogP contribution in [0.3, 0.4) is 0 Å². The van der Waals surface area contributed by atoms with Crippen LogP contribution < -0.4 is 5.32 Å². The minimum atomic E-state index is -0.108. The molecule has 0 aliphatic carbocycles. The number of halogens is 2. The first-order chi connectivity index (χ1) is 15.0. The van der Waals surface area contributed by atoms with Gasteiger partial charge in [-0.15, -0.1) is 0 Å². The van der Waals surface area contributed by atoms with Crippen LogP contribution >= 0.6 is 23.2 Å². The third-order valence-electron chi connectivity index (χ3n) is 6.37. The van der Waals surface area contributed by atoms with Crippen molar-refractivity contribution in [3.8, 4) is 11.1 Å². The van der Waals surface area contributed by atoms with Gasteiger partial charge in [0.05, 0.1) is 12.1 Å². The highest BCUT2D eigenvalue weighted by Gasteiger charge is 2.40. The molecule has 8 heteroatoms. The van der Waals surface area contributed by atoms with E-state index in [1.165, 1.54) is 5.56 Å². The molecule has 0 radical (unpaired) electrons. The highest BCUT2D eigenvalue weighted by atomic mass is 35.5. The van der Waals surface area contributed by atoms with Gasteiger partial charge in [-0.3, -0.25) is 4.79 Å². The molecular weight excluding hydrogens is 437 g/mol. The van der Waals surface area contributed by atoms with Crippen LogP contribution in [0.25, 0.3) is 11.1 Å². The Labute approximate surface area is 191 Å². The number of ether oxygens (including phenoxy) is 1. The van der Waals surface area contributed by atoms with Crippen LogP contribution in [-0.2, 0) is 9.53 Å². The molecule has 1 N–H and O–H groups in total. The Bertz CT molecular complexity index is 1010. The standard InChI is InChI=1S/C23H23Cl2N3O3/c24-17-5-6-18(19(25)9-17)15-3-1-14(2-4-15)16-10-28(11-16)23(30)27-8-7-21-20(12-27)26-22(29)13-31-21/h1-6,9,16,20-21H,7-8,10-13H2,(H,26,29). The summed E-state index contributed by atoms with van der Waals surface area (Å²) >= 11 is 12.3. The minimum absolute atomic E-state index is 0.0125. The zero-order chi connectivity index (χ0) is 21.5. The van der Waals surface area contributed by atoms with Gasteiger partial charge in [-0.1, -0.05) is 53.5 Å². The molecule has 0 bridgehead atoms. The van der Waals surface area contributed by atoms with Crippen molar-refractivity contribution in [2.24, 2.45) is 0 Å².